The monoisotopic (exact) mass is 268 g/mol. The first-order chi connectivity index (χ1) is 8.69. The van der Waals surface area contributed by atoms with Crippen molar-refractivity contribution in [2.75, 3.05) is 36.3 Å². The van der Waals surface area contributed by atoms with Crippen molar-refractivity contribution in [3.63, 3.8) is 0 Å². The maximum atomic E-state index is 4.47. The highest BCUT2D eigenvalue weighted by Gasteiger charge is 2.18. The Morgan fingerprint density at radius 1 is 1.39 bits per heavy atom. The molecule has 0 aliphatic heterocycles. The van der Waals surface area contributed by atoms with E-state index in [9.17, 15) is 0 Å². The van der Waals surface area contributed by atoms with Crippen LogP contribution >= 0.6 is 11.8 Å². The van der Waals surface area contributed by atoms with Gasteiger partial charge in [0, 0.05) is 31.5 Å². The number of thioether (sulfide) groups is 1. The lowest BCUT2D eigenvalue weighted by molar-refractivity contribution is 0.662. The fourth-order valence-corrected chi connectivity index (χ4v) is 2.96. The van der Waals surface area contributed by atoms with Gasteiger partial charge in [0.25, 0.3) is 0 Å². The number of hydrogen-bond donors (Lipinski definition) is 1. The van der Waals surface area contributed by atoms with Gasteiger partial charge < -0.3 is 10.2 Å². The average molecular weight is 268 g/mol. The SMILES string of the molecule is CCc1c(NC)ncnc1N(C)C(CC)CSC. The summed E-state index contributed by atoms with van der Waals surface area (Å²) >= 11 is 1.88. The molecule has 0 bridgehead atoms. The first-order valence-corrected chi connectivity index (χ1v) is 7.82. The normalized spacial score (nSPS) is 12.3. The van der Waals surface area contributed by atoms with Gasteiger partial charge >= 0.3 is 0 Å². The molecule has 1 N–H and O–H groups in total. The Bertz CT molecular complexity index is 370. The quantitative estimate of drug-likeness (QED) is 0.823. The molecule has 0 aromatic carbocycles. The Kier molecular flexibility index (Phi) is 6.25. The third-order valence-electron chi connectivity index (χ3n) is 3.23. The summed E-state index contributed by atoms with van der Waals surface area (Å²) in [6, 6.07) is 0.518. The predicted molar refractivity (Wildman–Crippen MR) is 81.8 cm³/mol. The molecule has 0 amide bonds. The van der Waals surface area contributed by atoms with Crippen LogP contribution in [0.25, 0.3) is 0 Å². The van der Waals surface area contributed by atoms with E-state index in [-0.39, 0.29) is 0 Å². The number of hydrogen-bond acceptors (Lipinski definition) is 5. The molecular weight excluding hydrogens is 244 g/mol. The summed E-state index contributed by atoms with van der Waals surface area (Å²) in [5.74, 6) is 3.11. The fraction of sp³-hybridized carbons (Fsp3) is 0.692. The Morgan fingerprint density at radius 2 is 2.11 bits per heavy atom. The smallest absolute Gasteiger partial charge is 0.137 e. The molecule has 1 aromatic heterocycles. The van der Waals surface area contributed by atoms with Crippen LogP contribution < -0.4 is 10.2 Å². The van der Waals surface area contributed by atoms with Crippen molar-refractivity contribution >= 4 is 23.4 Å². The maximum Gasteiger partial charge on any atom is 0.137 e. The number of aromatic nitrogens is 2. The lowest BCUT2D eigenvalue weighted by Crippen LogP contribution is -2.34. The predicted octanol–water partition coefficient (Wildman–Crippen LogP) is 2.66. The van der Waals surface area contributed by atoms with Crippen molar-refractivity contribution < 1.29 is 0 Å². The molecule has 1 rings (SSSR count). The minimum absolute atomic E-state index is 0.518. The van der Waals surface area contributed by atoms with Gasteiger partial charge in [-0.05, 0) is 19.1 Å². The molecule has 4 nitrogen and oxygen atoms in total. The Hall–Kier alpha value is -0.970. The van der Waals surface area contributed by atoms with Crippen LogP contribution in [0.3, 0.4) is 0 Å². The van der Waals surface area contributed by atoms with Gasteiger partial charge in [0.2, 0.25) is 0 Å². The number of nitrogens with one attached hydrogen (secondary N) is 1. The van der Waals surface area contributed by atoms with Gasteiger partial charge in [0.15, 0.2) is 0 Å². The molecule has 5 heteroatoms. The van der Waals surface area contributed by atoms with Crippen molar-refractivity contribution in [1.82, 2.24) is 9.97 Å². The molecule has 0 spiro atoms. The van der Waals surface area contributed by atoms with Crippen LogP contribution in [-0.4, -0.2) is 42.1 Å². The highest BCUT2D eigenvalue weighted by Crippen LogP contribution is 2.25. The zero-order chi connectivity index (χ0) is 13.5. The highest BCUT2D eigenvalue weighted by molar-refractivity contribution is 7.98. The Labute approximate surface area is 115 Å². The molecule has 0 saturated carbocycles. The van der Waals surface area contributed by atoms with Crippen molar-refractivity contribution in [2.45, 2.75) is 32.7 Å². The average Bonchev–Trinajstić information content (AvgIpc) is 2.42. The summed E-state index contributed by atoms with van der Waals surface area (Å²) in [5.41, 5.74) is 1.20. The molecule has 1 unspecified atom stereocenters. The third-order valence-corrected chi connectivity index (χ3v) is 3.94. The van der Waals surface area contributed by atoms with Gasteiger partial charge in [-0.3, -0.25) is 0 Å². The molecule has 0 radical (unpaired) electrons. The summed E-state index contributed by atoms with van der Waals surface area (Å²) in [6.07, 6.45) is 5.85. The molecule has 0 fully saturated rings. The maximum absolute atomic E-state index is 4.47. The van der Waals surface area contributed by atoms with Crippen LogP contribution in [0.15, 0.2) is 6.33 Å². The lowest BCUT2D eigenvalue weighted by Gasteiger charge is -2.29. The van der Waals surface area contributed by atoms with Crippen molar-refractivity contribution in [3.05, 3.63) is 11.9 Å². The largest absolute Gasteiger partial charge is 0.373 e. The molecule has 0 aliphatic carbocycles. The van der Waals surface area contributed by atoms with Crippen LogP contribution in [0.2, 0.25) is 0 Å². The minimum atomic E-state index is 0.518. The second kappa shape index (κ2) is 7.46. The number of nitrogens with zero attached hydrogens (tertiary/aromatic N) is 3. The summed E-state index contributed by atoms with van der Waals surface area (Å²) in [6.45, 7) is 4.37. The van der Waals surface area contributed by atoms with Crippen LogP contribution in [-0.2, 0) is 6.42 Å². The first kappa shape index (κ1) is 15.1. The zero-order valence-electron chi connectivity index (χ0n) is 12.0. The molecule has 0 aliphatic rings. The standard InChI is InChI=1S/C13H24N4S/c1-6-10(8-18-5)17(4)13-11(7-2)12(14-3)15-9-16-13/h9-10H,6-8H2,1-5H3,(H,14,15,16). The molecular formula is C13H24N4S. The topological polar surface area (TPSA) is 41.1 Å². The lowest BCUT2D eigenvalue weighted by atomic mass is 10.1. The van der Waals surface area contributed by atoms with E-state index in [4.69, 9.17) is 0 Å². The zero-order valence-corrected chi connectivity index (χ0v) is 12.8. The van der Waals surface area contributed by atoms with E-state index in [1.165, 1.54) is 5.56 Å². The molecule has 18 heavy (non-hydrogen) atoms. The van der Waals surface area contributed by atoms with E-state index in [1.807, 2.05) is 18.8 Å². The highest BCUT2D eigenvalue weighted by atomic mass is 32.2. The Balaban J connectivity index is 3.07. The number of rotatable bonds is 7. The second-order valence-corrected chi connectivity index (χ2v) is 5.17. The second-order valence-electron chi connectivity index (χ2n) is 4.26. The number of anilines is 2. The van der Waals surface area contributed by atoms with Gasteiger partial charge in [-0.15, -0.1) is 0 Å². The molecule has 1 heterocycles. The molecule has 1 atom stereocenters. The van der Waals surface area contributed by atoms with Gasteiger partial charge in [-0.2, -0.15) is 11.8 Å². The van der Waals surface area contributed by atoms with Crippen molar-refractivity contribution in [2.24, 2.45) is 0 Å². The Morgan fingerprint density at radius 3 is 2.61 bits per heavy atom. The van der Waals surface area contributed by atoms with Crippen LogP contribution in [0.5, 0.6) is 0 Å². The van der Waals surface area contributed by atoms with Gasteiger partial charge in [-0.25, -0.2) is 9.97 Å². The van der Waals surface area contributed by atoms with Crippen LogP contribution in [0, 0.1) is 0 Å². The van der Waals surface area contributed by atoms with E-state index in [1.54, 1.807) is 6.33 Å². The fourth-order valence-electron chi connectivity index (χ4n) is 2.12. The van der Waals surface area contributed by atoms with E-state index in [0.29, 0.717) is 6.04 Å². The van der Waals surface area contributed by atoms with Crippen LogP contribution in [0.1, 0.15) is 25.8 Å². The van der Waals surface area contributed by atoms with Crippen LogP contribution in [0.4, 0.5) is 11.6 Å². The summed E-state index contributed by atoms with van der Waals surface area (Å²) in [7, 11) is 4.04. The summed E-state index contributed by atoms with van der Waals surface area (Å²) in [4.78, 5) is 11.1. The molecule has 1 aromatic rings. The van der Waals surface area contributed by atoms with Gasteiger partial charge in [0.1, 0.15) is 18.0 Å². The first-order valence-electron chi connectivity index (χ1n) is 6.42. The van der Waals surface area contributed by atoms with Crippen molar-refractivity contribution in [1.29, 1.82) is 0 Å². The van der Waals surface area contributed by atoms with E-state index in [2.05, 4.69) is 47.3 Å². The summed E-state index contributed by atoms with van der Waals surface area (Å²) in [5, 5.41) is 3.15. The third kappa shape index (κ3) is 3.28. The van der Waals surface area contributed by atoms with E-state index in [0.717, 1.165) is 30.2 Å². The molecule has 0 saturated heterocycles. The van der Waals surface area contributed by atoms with E-state index < -0.39 is 0 Å². The summed E-state index contributed by atoms with van der Waals surface area (Å²) < 4.78 is 0. The minimum Gasteiger partial charge on any atom is -0.373 e. The van der Waals surface area contributed by atoms with Crippen molar-refractivity contribution in [3.8, 4) is 0 Å². The van der Waals surface area contributed by atoms with Gasteiger partial charge in [0.05, 0.1) is 0 Å². The van der Waals surface area contributed by atoms with Gasteiger partial charge in [-0.1, -0.05) is 13.8 Å². The molecule has 102 valence electrons. The van der Waals surface area contributed by atoms with E-state index >= 15 is 0 Å².